The zero-order chi connectivity index (χ0) is 38.8. The van der Waals surface area contributed by atoms with Crippen LogP contribution in [0.2, 0.25) is 0 Å². The summed E-state index contributed by atoms with van der Waals surface area (Å²) >= 11 is 0. The molecule has 1 aromatic carbocycles. The highest BCUT2D eigenvalue weighted by Crippen LogP contribution is 2.40. The molecule has 15 atom stereocenters. The van der Waals surface area contributed by atoms with Crippen LogP contribution in [0.5, 0.6) is 0 Å². The van der Waals surface area contributed by atoms with Crippen molar-refractivity contribution in [1.82, 2.24) is 0 Å². The SMILES string of the molecule is CC(=N)OC1OC(COC(C)=O)[C@@H](O[C@@H]2OC(C)[C@@H](O[C@H]3OC(COC(C)=O)[C@@H](C)[C@H](C)C3N=[N+]=[N-])[C@H](C)C2OCc2ccccc2)[C@H](C)C1N=[N+]=[N-]. The standard InChI is InChI=1S/C35H51N7O11/c1-17-18(2)28(39-41-37)34(50-26(17)15-45-23(7)43)52-30-20(4)32(47-14-25-12-10-9-11-13-25)35(48-21(30)5)53-31-19(3)29(40-42-38)33(49-22(6)36)51-27(31)16-46-24(8)44/h9-13,17-21,26-36H,14-16H2,1-8H3/t17-,18-,19+,20-,21?,26?,27?,28?,29?,30-,31-,32?,33?,34+,35-/m0/s1. The number of hydrogen-bond acceptors (Lipinski definition) is 14. The minimum absolute atomic E-state index is 0.00692. The average Bonchev–Trinajstić information content (AvgIpc) is 3.10. The van der Waals surface area contributed by atoms with Crippen molar-refractivity contribution < 1.29 is 52.2 Å². The molecule has 1 aromatic rings. The van der Waals surface area contributed by atoms with Gasteiger partial charge in [0.25, 0.3) is 0 Å². The summed E-state index contributed by atoms with van der Waals surface area (Å²) in [6.07, 6.45) is -7.49. The van der Waals surface area contributed by atoms with Gasteiger partial charge in [0.2, 0.25) is 6.29 Å². The maximum Gasteiger partial charge on any atom is 0.302 e. The average molecular weight is 746 g/mol. The minimum atomic E-state index is -1.14. The van der Waals surface area contributed by atoms with E-state index >= 15 is 0 Å². The topological polar surface area (TPSA) is 239 Å². The number of benzene rings is 1. The number of nitrogens with one attached hydrogen (secondary N) is 1. The molecule has 7 unspecified atom stereocenters. The van der Waals surface area contributed by atoms with E-state index in [1.165, 1.54) is 20.8 Å². The van der Waals surface area contributed by atoms with Crippen molar-refractivity contribution >= 4 is 17.8 Å². The van der Waals surface area contributed by atoms with Gasteiger partial charge in [-0.05, 0) is 41.3 Å². The molecule has 18 heteroatoms. The van der Waals surface area contributed by atoms with Gasteiger partial charge < -0.3 is 42.6 Å². The number of azide groups is 2. The van der Waals surface area contributed by atoms with Crippen LogP contribution in [0.25, 0.3) is 20.9 Å². The van der Waals surface area contributed by atoms with Crippen LogP contribution >= 0.6 is 0 Å². The van der Waals surface area contributed by atoms with E-state index in [-0.39, 0.29) is 37.6 Å². The van der Waals surface area contributed by atoms with Crippen LogP contribution in [0, 0.1) is 29.1 Å². The molecular weight excluding hydrogens is 694 g/mol. The number of ether oxygens (including phenoxy) is 9. The van der Waals surface area contributed by atoms with Crippen LogP contribution in [0.4, 0.5) is 0 Å². The lowest BCUT2D eigenvalue weighted by atomic mass is 9.82. The van der Waals surface area contributed by atoms with Gasteiger partial charge in [-0.1, -0.05) is 68.3 Å². The van der Waals surface area contributed by atoms with Crippen LogP contribution < -0.4 is 0 Å². The minimum Gasteiger partial charge on any atom is -0.463 e. The monoisotopic (exact) mass is 745 g/mol. The van der Waals surface area contributed by atoms with Gasteiger partial charge in [-0.2, -0.15) is 0 Å². The van der Waals surface area contributed by atoms with Crippen molar-refractivity contribution in [3.8, 4) is 0 Å². The number of carbonyl (C=O) groups excluding carboxylic acids is 2. The predicted octanol–water partition coefficient (Wildman–Crippen LogP) is 5.58. The first-order valence-electron chi connectivity index (χ1n) is 17.7. The lowest BCUT2D eigenvalue weighted by Gasteiger charge is -2.50. The van der Waals surface area contributed by atoms with Gasteiger partial charge in [-0.3, -0.25) is 15.0 Å². The van der Waals surface area contributed by atoms with E-state index in [0.29, 0.717) is 0 Å². The first kappa shape index (κ1) is 41.8. The maximum absolute atomic E-state index is 11.9. The number of nitrogens with zero attached hydrogens (tertiary/aromatic N) is 6. The quantitative estimate of drug-likeness (QED) is 0.0616. The van der Waals surface area contributed by atoms with E-state index in [1.807, 2.05) is 58.0 Å². The first-order chi connectivity index (χ1) is 25.2. The van der Waals surface area contributed by atoms with E-state index < -0.39 is 91.4 Å². The lowest BCUT2D eigenvalue weighted by Crippen LogP contribution is -2.62. The second-order valence-corrected chi connectivity index (χ2v) is 13.9. The van der Waals surface area contributed by atoms with Crippen LogP contribution in [0.15, 0.2) is 40.6 Å². The molecule has 4 rings (SSSR count). The molecule has 3 fully saturated rings. The fourth-order valence-corrected chi connectivity index (χ4v) is 7.02. The molecule has 18 nitrogen and oxygen atoms in total. The molecule has 0 aliphatic carbocycles. The summed E-state index contributed by atoms with van der Waals surface area (Å²) < 4.78 is 55.1. The third-order valence-corrected chi connectivity index (χ3v) is 10.1. The molecule has 0 saturated carbocycles. The van der Waals surface area contributed by atoms with Crippen molar-refractivity contribution in [2.24, 2.45) is 33.9 Å². The van der Waals surface area contributed by atoms with Gasteiger partial charge in [-0.15, -0.1) is 0 Å². The molecule has 0 bridgehead atoms. The van der Waals surface area contributed by atoms with E-state index in [1.54, 1.807) is 6.92 Å². The Kier molecular flexibility index (Phi) is 15.3. The van der Waals surface area contributed by atoms with Gasteiger partial charge >= 0.3 is 11.9 Å². The number of rotatable bonds is 14. The first-order valence-corrected chi connectivity index (χ1v) is 17.7. The Balaban J connectivity index is 1.65. The van der Waals surface area contributed by atoms with Crippen molar-refractivity contribution in [1.29, 1.82) is 5.41 Å². The number of esters is 2. The van der Waals surface area contributed by atoms with E-state index in [2.05, 4.69) is 20.1 Å². The summed E-state index contributed by atoms with van der Waals surface area (Å²) in [6.45, 7) is 13.4. The van der Waals surface area contributed by atoms with Crippen LogP contribution in [0.3, 0.4) is 0 Å². The number of hydrogen-bond donors (Lipinski definition) is 1. The zero-order valence-electron chi connectivity index (χ0n) is 31.3. The number of carbonyl (C=O) groups is 2. The summed E-state index contributed by atoms with van der Waals surface area (Å²) in [5.41, 5.74) is 19.8. The molecule has 0 radical (unpaired) electrons. The molecule has 3 saturated heterocycles. The van der Waals surface area contributed by atoms with Gasteiger partial charge in [0.05, 0.1) is 37.1 Å². The highest BCUT2D eigenvalue weighted by atomic mass is 16.8. The third kappa shape index (κ3) is 10.8. The molecule has 0 spiro atoms. The molecular formula is C35H51N7O11. The molecule has 0 aromatic heterocycles. The second-order valence-electron chi connectivity index (χ2n) is 13.9. The summed E-state index contributed by atoms with van der Waals surface area (Å²) in [7, 11) is 0. The van der Waals surface area contributed by atoms with Crippen molar-refractivity contribution in [2.45, 2.75) is 130 Å². The zero-order valence-corrected chi connectivity index (χ0v) is 31.3. The van der Waals surface area contributed by atoms with Gasteiger partial charge in [0, 0.05) is 36.5 Å². The fraction of sp³-hybridized carbons (Fsp3) is 0.743. The van der Waals surface area contributed by atoms with Gasteiger partial charge in [0.15, 0.2) is 18.5 Å². The Labute approximate surface area is 308 Å². The molecule has 3 aliphatic rings. The highest BCUT2D eigenvalue weighted by Gasteiger charge is 2.52. The Hall–Kier alpha value is -3.99. The Bertz CT molecular complexity index is 1490. The second kappa shape index (κ2) is 19.4. The predicted molar refractivity (Wildman–Crippen MR) is 187 cm³/mol. The summed E-state index contributed by atoms with van der Waals surface area (Å²) in [5.74, 6) is -2.43. The van der Waals surface area contributed by atoms with Crippen molar-refractivity contribution in [3.05, 3.63) is 56.8 Å². The molecule has 53 heavy (non-hydrogen) atoms. The maximum atomic E-state index is 11.9. The Morgan fingerprint density at radius 2 is 1.28 bits per heavy atom. The van der Waals surface area contributed by atoms with Crippen molar-refractivity contribution in [3.63, 3.8) is 0 Å². The summed E-state index contributed by atoms with van der Waals surface area (Å²) in [6, 6.07) is 7.94. The molecule has 292 valence electrons. The van der Waals surface area contributed by atoms with Gasteiger partial charge in [0.1, 0.15) is 31.5 Å². The highest BCUT2D eigenvalue weighted by molar-refractivity contribution is 5.69. The van der Waals surface area contributed by atoms with E-state index in [0.717, 1.165) is 5.56 Å². The van der Waals surface area contributed by atoms with Gasteiger partial charge in [-0.25, -0.2) is 0 Å². The summed E-state index contributed by atoms with van der Waals surface area (Å²) in [4.78, 5) is 29.6. The Morgan fingerprint density at radius 3 is 1.87 bits per heavy atom. The summed E-state index contributed by atoms with van der Waals surface area (Å²) in [5, 5.41) is 15.8. The Morgan fingerprint density at radius 1 is 0.717 bits per heavy atom. The largest absolute Gasteiger partial charge is 0.463 e. The van der Waals surface area contributed by atoms with Crippen molar-refractivity contribution in [2.75, 3.05) is 13.2 Å². The third-order valence-electron chi connectivity index (χ3n) is 10.1. The molecule has 3 heterocycles. The molecule has 1 N–H and O–H groups in total. The normalized spacial score (nSPS) is 36.9. The van der Waals surface area contributed by atoms with E-state index in [4.69, 9.17) is 48.0 Å². The fourth-order valence-electron chi connectivity index (χ4n) is 7.02. The van der Waals surface area contributed by atoms with Crippen LogP contribution in [-0.2, 0) is 58.8 Å². The smallest absolute Gasteiger partial charge is 0.302 e. The van der Waals surface area contributed by atoms with Crippen LogP contribution in [-0.4, -0.2) is 98.6 Å². The van der Waals surface area contributed by atoms with E-state index in [9.17, 15) is 20.7 Å². The molecule has 0 amide bonds. The lowest BCUT2D eigenvalue weighted by molar-refractivity contribution is -0.352. The molecule has 3 aliphatic heterocycles. The van der Waals surface area contributed by atoms with Crippen LogP contribution in [0.1, 0.15) is 61.0 Å².